The molecule has 1 N–H and O–H groups in total. The SMILES string of the molecule is CC1NC(C)N(C2CCOC2C)C1=O. The van der Waals surface area contributed by atoms with E-state index in [4.69, 9.17) is 4.74 Å². The van der Waals surface area contributed by atoms with Gasteiger partial charge >= 0.3 is 0 Å². The van der Waals surface area contributed by atoms with Gasteiger partial charge in [0.1, 0.15) is 0 Å². The van der Waals surface area contributed by atoms with E-state index in [1.807, 2.05) is 25.7 Å². The van der Waals surface area contributed by atoms with E-state index in [2.05, 4.69) is 5.32 Å². The zero-order chi connectivity index (χ0) is 10.3. The number of amides is 1. The fourth-order valence-electron chi connectivity index (χ4n) is 2.46. The molecule has 0 radical (unpaired) electrons. The number of nitrogens with one attached hydrogen (secondary N) is 1. The van der Waals surface area contributed by atoms with Gasteiger partial charge in [0.2, 0.25) is 5.91 Å². The summed E-state index contributed by atoms with van der Waals surface area (Å²) < 4.78 is 5.49. The number of carbonyl (C=O) groups is 1. The summed E-state index contributed by atoms with van der Waals surface area (Å²) in [6.45, 7) is 6.77. The molecule has 2 rings (SSSR count). The normalized spacial score (nSPS) is 43.6. The second kappa shape index (κ2) is 3.51. The number of hydrogen-bond acceptors (Lipinski definition) is 3. The van der Waals surface area contributed by atoms with Crippen molar-refractivity contribution in [3.8, 4) is 0 Å². The van der Waals surface area contributed by atoms with Crippen molar-refractivity contribution in [3.05, 3.63) is 0 Å². The maximum atomic E-state index is 11.9. The number of ether oxygens (including phenoxy) is 1. The largest absolute Gasteiger partial charge is 0.376 e. The van der Waals surface area contributed by atoms with Crippen LogP contribution < -0.4 is 5.32 Å². The molecule has 1 amide bonds. The van der Waals surface area contributed by atoms with Crippen molar-refractivity contribution in [2.24, 2.45) is 0 Å². The Bertz CT molecular complexity index is 244. The van der Waals surface area contributed by atoms with Crippen LogP contribution in [-0.2, 0) is 9.53 Å². The van der Waals surface area contributed by atoms with Crippen LogP contribution in [-0.4, -0.2) is 41.8 Å². The highest BCUT2D eigenvalue weighted by Crippen LogP contribution is 2.24. The standard InChI is InChI=1S/C10H18N2O2/c1-6-10(13)12(8(3)11-6)9-4-5-14-7(9)2/h6-9,11H,4-5H2,1-3H3. The molecule has 0 aromatic carbocycles. The summed E-state index contributed by atoms with van der Waals surface area (Å²) in [5, 5.41) is 3.23. The van der Waals surface area contributed by atoms with Crippen molar-refractivity contribution in [2.45, 2.75) is 51.5 Å². The van der Waals surface area contributed by atoms with Crippen LogP contribution in [0.5, 0.6) is 0 Å². The summed E-state index contributed by atoms with van der Waals surface area (Å²) in [5.74, 6) is 0.208. The molecule has 4 atom stereocenters. The van der Waals surface area contributed by atoms with E-state index in [0.29, 0.717) is 0 Å². The van der Waals surface area contributed by atoms with Gasteiger partial charge in [-0.3, -0.25) is 10.1 Å². The Balaban J connectivity index is 2.13. The molecule has 4 unspecified atom stereocenters. The molecule has 0 aliphatic carbocycles. The van der Waals surface area contributed by atoms with E-state index in [-0.39, 0.29) is 30.3 Å². The van der Waals surface area contributed by atoms with Crippen LogP contribution in [0.3, 0.4) is 0 Å². The summed E-state index contributed by atoms with van der Waals surface area (Å²) >= 11 is 0. The van der Waals surface area contributed by atoms with Crippen molar-refractivity contribution in [2.75, 3.05) is 6.61 Å². The van der Waals surface area contributed by atoms with Crippen LogP contribution in [0, 0.1) is 0 Å². The van der Waals surface area contributed by atoms with Gasteiger partial charge in [-0.05, 0) is 27.2 Å². The average molecular weight is 198 g/mol. The van der Waals surface area contributed by atoms with Gasteiger partial charge in [0.15, 0.2) is 0 Å². The van der Waals surface area contributed by atoms with E-state index in [1.165, 1.54) is 0 Å². The van der Waals surface area contributed by atoms with Crippen molar-refractivity contribution < 1.29 is 9.53 Å². The second-order valence-electron chi connectivity index (χ2n) is 4.24. The fraction of sp³-hybridized carbons (Fsp3) is 0.900. The third-order valence-corrected chi connectivity index (χ3v) is 3.23. The van der Waals surface area contributed by atoms with Gasteiger partial charge in [0.25, 0.3) is 0 Å². The van der Waals surface area contributed by atoms with Crippen LogP contribution >= 0.6 is 0 Å². The smallest absolute Gasteiger partial charge is 0.241 e. The zero-order valence-corrected chi connectivity index (χ0v) is 8.99. The van der Waals surface area contributed by atoms with E-state index >= 15 is 0 Å². The molecule has 14 heavy (non-hydrogen) atoms. The molecular formula is C10H18N2O2. The minimum Gasteiger partial charge on any atom is -0.376 e. The van der Waals surface area contributed by atoms with Gasteiger partial charge in [-0.25, -0.2) is 0 Å². The highest BCUT2D eigenvalue weighted by Gasteiger charge is 2.41. The Hall–Kier alpha value is -0.610. The predicted molar refractivity (Wildman–Crippen MR) is 52.7 cm³/mol. The summed E-state index contributed by atoms with van der Waals surface area (Å²) in [5.41, 5.74) is 0. The maximum absolute atomic E-state index is 11.9. The molecular weight excluding hydrogens is 180 g/mol. The average Bonchev–Trinajstić information content (AvgIpc) is 2.60. The summed E-state index contributed by atoms with van der Waals surface area (Å²) in [4.78, 5) is 13.8. The highest BCUT2D eigenvalue weighted by atomic mass is 16.5. The Labute approximate surface area is 84.6 Å². The predicted octanol–water partition coefficient (Wildman–Crippen LogP) is 0.330. The molecule has 80 valence electrons. The molecule has 0 saturated carbocycles. The molecule has 2 saturated heterocycles. The third-order valence-electron chi connectivity index (χ3n) is 3.23. The number of rotatable bonds is 1. The quantitative estimate of drug-likeness (QED) is 0.660. The molecule has 4 nitrogen and oxygen atoms in total. The van der Waals surface area contributed by atoms with Crippen LogP contribution in [0.4, 0.5) is 0 Å². The van der Waals surface area contributed by atoms with Crippen LogP contribution in [0.2, 0.25) is 0 Å². The third kappa shape index (κ3) is 1.42. The van der Waals surface area contributed by atoms with E-state index in [9.17, 15) is 4.79 Å². The van der Waals surface area contributed by atoms with Crippen LogP contribution in [0.25, 0.3) is 0 Å². The minimum absolute atomic E-state index is 0.0437. The summed E-state index contributed by atoms with van der Waals surface area (Å²) in [6.07, 6.45) is 1.28. The monoisotopic (exact) mass is 198 g/mol. The molecule has 0 spiro atoms. The molecule has 2 aliphatic heterocycles. The highest BCUT2D eigenvalue weighted by molar-refractivity contribution is 5.84. The van der Waals surface area contributed by atoms with E-state index in [0.717, 1.165) is 13.0 Å². The van der Waals surface area contributed by atoms with Crippen molar-refractivity contribution >= 4 is 5.91 Å². The van der Waals surface area contributed by atoms with Gasteiger partial charge in [-0.1, -0.05) is 0 Å². The molecule has 2 aliphatic rings. The molecule has 4 heteroatoms. The van der Waals surface area contributed by atoms with E-state index in [1.54, 1.807) is 0 Å². The first-order valence-corrected chi connectivity index (χ1v) is 5.31. The molecule has 2 fully saturated rings. The lowest BCUT2D eigenvalue weighted by Crippen LogP contribution is -2.46. The minimum atomic E-state index is -0.0437. The van der Waals surface area contributed by atoms with Crippen molar-refractivity contribution in [1.29, 1.82) is 0 Å². The Morgan fingerprint density at radius 3 is 2.57 bits per heavy atom. The Morgan fingerprint density at radius 1 is 1.43 bits per heavy atom. The van der Waals surface area contributed by atoms with Gasteiger partial charge in [-0.2, -0.15) is 0 Å². The topological polar surface area (TPSA) is 41.6 Å². The first-order valence-electron chi connectivity index (χ1n) is 5.31. The van der Waals surface area contributed by atoms with Gasteiger partial charge < -0.3 is 9.64 Å². The first-order chi connectivity index (χ1) is 6.61. The van der Waals surface area contributed by atoms with Gasteiger partial charge in [0, 0.05) is 6.61 Å². The summed E-state index contributed by atoms with van der Waals surface area (Å²) in [6, 6.07) is 0.216. The number of carbonyl (C=O) groups excluding carboxylic acids is 1. The Kier molecular flexibility index (Phi) is 2.49. The molecule has 0 aromatic rings. The molecule has 2 heterocycles. The van der Waals surface area contributed by atoms with Crippen LogP contribution in [0.15, 0.2) is 0 Å². The van der Waals surface area contributed by atoms with E-state index < -0.39 is 0 Å². The fourth-order valence-corrected chi connectivity index (χ4v) is 2.46. The van der Waals surface area contributed by atoms with Crippen molar-refractivity contribution in [3.63, 3.8) is 0 Å². The number of hydrogen-bond donors (Lipinski definition) is 1. The van der Waals surface area contributed by atoms with Gasteiger partial charge in [-0.15, -0.1) is 0 Å². The first kappa shape index (κ1) is 9.93. The van der Waals surface area contributed by atoms with Crippen LogP contribution in [0.1, 0.15) is 27.2 Å². The summed E-state index contributed by atoms with van der Waals surface area (Å²) in [7, 11) is 0. The zero-order valence-electron chi connectivity index (χ0n) is 8.99. The lowest BCUT2D eigenvalue weighted by molar-refractivity contribution is -0.132. The van der Waals surface area contributed by atoms with Gasteiger partial charge in [0.05, 0.1) is 24.4 Å². The lowest BCUT2D eigenvalue weighted by atomic mass is 10.1. The van der Waals surface area contributed by atoms with Crippen molar-refractivity contribution in [1.82, 2.24) is 10.2 Å². The molecule has 0 aromatic heterocycles. The lowest BCUT2D eigenvalue weighted by Gasteiger charge is -2.29. The molecule has 0 bridgehead atoms. The number of nitrogens with zero attached hydrogens (tertiary/aromatic N) is 1. The second-order valence-corrected chi connectivity index (χ2v) is 4.24. The Morgan fingerprint density at radius 2 is 2.14 bits per heavy atom. The maximum Gasteiger partial charge on any atom is 0.241 e.